The van der Waals surface area contributed by atoms with Crippen LogP contribution in [0.5, 0.6) is 11.5 Å². The number of methoxy groups -OCH3 is 2. The number of fused-ring (bicyclic) bond motifs is 1. The zero-order chi connectivity index (χ0) is 36.5. The van der Waals surface area contributed by atoms with E-state index >= 15 is 0 Å². The van der Waals surface area contributed by atoms with Crippen LogP contribution < -0.4 is 9.47 Å². The average molecular weight is 710 g/mol. The molecule has 2 N–H and O–H groups in total. The molecule has 2 aromatic carbocycles. The Morgan fingerprint density at radius 2 is 1.63 bits per heavy atom. The number of benzene rings is 2. The molecular formula is C44H55NO7. The lowest BCUT2D eigenvalue weighted by atomic mass is 9.32. The lowest BCUT2D eigenvalue weighted by Gasteiger charge is -2.71. The molecule has 0 radical (unpaired) electrons. The van der Waals surface area contributed by atoms with Gasteiger partial charge in [-0.1, -0.05) is 68.5 Å². The molecule has 2 spiro atoms. The van der Waals surface area contributed by atoms with Crippen LogP contribution in [0.4, 0.5) is 0 Å². The van der Waals surface area contributed by atoms with Crippen molar-refractivity contribution in [2.75, 3.05) is 33.9 Å². The maximum absolute atomic E-state index is 14.8. The minimum Gasteiger partial charge on any atom is -0.493 e. The van der Waals surface area contributed by atoms with Crippen molar-refractivity contribution in [1.29, 1.82) is 0 Å². The summed E-state index contributed by atoms with van der Waals surface area (Å²) in [6.45, 7) is 5.98. The summed E-state index contributed by atoms with van der Waals surface area (Å²) in [5.41, 5.74) is -0.400. The first-order chi connectivity index (χ1) is 24.9. The number of nitrogens with zero attached hydrogens (tertiary/aromatic N) is 1. The molecule has 4 fully saturated rings. The molecule has 1 heterocycles. The van der Waals surface area contributed by atoms with Crippen molar-refractivity contribution in [2.45, 2.75) is 95.9 Å². The molecule has 2 bridgehead atoms. The summed E-state index contributed by atoms with van der Waals surface area (Å²) in [6.07, 6.45) is 13.8. The minimum atomic E-state index is -1.16. The zero-order valence-electron chi connectivity index (χ0n) is 31.2. The molecule has 278 valence electrons. The van der Waals surface area contributed by atoms with Gasteiger partial charge in [0.05, 0.1) is 45.0 Å². The molecule has 1 amide bonds. The number of aliphatic hydroxyl groups is 2. The topological polar surface area (TPSA) is 106 Å². The Kier molecular flexibility index (Phi) is 8.78. The Morgan fingerprint density at radius 3 is 2.37 bits per heavy atom. The van der Waals surface area contributed by atoms with Gasteiger partial charge in [0.25, 0.3) is 0 Å². The fourth-order valence-corrected chi connectivity index (χ4v) is 12.2. The Morgan fingerprint density at radius 1 is 0.904 bits per heavy atom. The number of carbonyl (C=O) groups excluding carboxylic acids is 2. The third-order valence-electron chi connectivity index (χ3n) is 15.0. The van der Waals surface area contributed by atoms with Crippen molar-refractivity contribution in [3.05, 3.63) is 83.5 Å². The number of allylic oxidation sites excluding steroid dienone is 4. The molecule has 8 heteroatoms. The molecule has 1 saturated heterocycles. The van der Waals surface area contributed by atoms with Gasteiger partial charge in [-0.3, -0.25) is 9.59 Å². The zero-order valence-corrected chi connectivity index (χ0v) is 31.2. The van der Waals surface area contributed by atoms with Crippen molar-refractivity contribution in [1.82, 2.24) is 4.90 Å². The number of ketones is 1. The van der Waals surface area contributed by atoms with E-state index in [1.54, 1.807) is 14.2 Å². The molecule has 9 rings (SSSR count). The molecule has 7 aliphatic rings. The smallest absolute Gasteiger partial charge is 0.227 e. The van der Waals surface area contributed by atoms with E-state index in [1.807, 2.05) is 53.4 Å². The van der Waals surface area contributed by atoms with Crippen molar-refractivity contribution in [2.24, 2.45) is 33.5 Å². The van der Waals surface area contributed by atoms with Crippen LogP contribution in [0, 0.1) is 33.5 Å². The third kappa shape index (κ3) is 5.18. The first kappa shape index (κ1) is 35.6. The van der Waals surface area contributed by atoms with Crippen LogP contribution in [0.25, 0.3) is 0 Å². The normalized spacial score (nSPS) is 38.5. The maximum atomic E-state index is 14.8. The van der Waals surface area contributed by atoms with Crippen LogP contribution in [0.3, 0.4) is 0 Å². The molecule has 0 aromatic heterocycles. The summed E-state index contributed by atoms with van der Waals surface area (Å²) in [4.78, 5) is 31.0. The lowest BCUT2D eigenvalue weighted by molar-refractivity contribution is -0.179. The van der Waals surface area contributed by atoms with Crippen LogP contribution >= 0.6 is 0 Å². The van der Waals surface area contributed by atoms with Crippen molar-refractivity contribution in [3.8, 4) is 11.5 Å². The van der Waals surface area contributed by atoms with Gasteiger partial charge < -0.3 is 29.3 Å². The summed E-state index contributed by atoms with van der Waals surface area (Å²) in [6, 6.07) is 15.2. The summed E-state index contributed by atoms with van der Waals surface area (Å²) >= 11 is 0. The van der Waals surface area contributed by atoms with Gasteiger partial charge in [-0.25, -0.2) is 0 Å². The number of hydrogen-bond donors (Lipinski definition) is 2. The second-order valence-electron chi connectivity index (χ2n) is 17.3. The number of Topliss-reactive ketones (excluding diaryl/α,β-unsaturated/α-hetero) is 1. The second kappa shape index (κ2) is 12.8. The number of aliphatic hydroxyl groups excluding tert-OH is 1. The van der Waals surface area contributed by atoms with E-state index in [0.29, 0.717) is 43.1 Å². The number of carbonyl (C=O) groups is 2. The minimum absolute atomic E-state index is 0.00594. The fraction of sp³-hybridized carbons (Fsp3) is 0.591. The van der Waals surface area contributed by atoms with Crippen LogP contribution in [-0.2, 0) is 16.0 Å². The van der Waals surface area contributed by atoms with E-state index in [-0.39, 0.29) is 53.4 Å². The molecular weight excluding hydrogens is 654 g/mol. The average Bonchev–Trinajstić information content (AvgIpc) is 3.76. The molecule has 52 heavy (non-hydrogen) atoms. The second-order valence-corrected chi connectivity index (χ2v) is 17.3. The summed E-state index contributed by atoms with van der Waals surface area (Å²) < 4.78 is 17.0. The molecule has 1 aliphatic heterocycles. The molecule has 8 nitrogen and oxygen atoms in total. The highest BCUT2D eigenvalue weighted by Crippen LogP contribution is 2.78. The molecule has 2 aromatic rings. The number of hydrogen-bond acceptors (Lipinski definition) is 7. The summed E-state index contributed by atoms with van der Waals surface area (Å²) in [5, 5.41) is 24.1. The van der Waals surface area contributed by atoms with E-state index in [9.17, 15) is 19.8 Å². The van der Waals surface area contributed by atoms with E-state index in [0.717, 1.165) is 56.1 Å². The van der Waals surface area contributed by atoms with E-state index in [4.69, 9.17) is 14.2 Å². The SMILES string of the molecule is COc1ccc(CC(=O)N(CC2CCCO2)CC2(O)CCC3C45C=CC6(C=C4C(=O)c4ccccc4)CC(O)CCC6(C)C5CCC32C)cc1OC. The van der Waals surface area contributed by atoms with Crippen LogP contribution in [0.15, 0.2) is 72.3 Å². The fourth-order valence-electron chi connectivity index (χ4n) is 12.2. The monoisotopic (exact) mass is 709 g/mol. The predicted molar refractivity (Wildman–Crippen MR) is 198 cm³/mol. The highest BCUT2D eigenvalue weighted by Gasteiger charge is 2.74. The van der Waals surface area contributed by atoms with Gasteiger partial charge in [0.1, 0.15) is 0 Å². The predicted octanol–water partition coefficient (Wildman–Crippen LogP) is 6.73. The molecule has 9 atom stereocenters. The van der Waals surface area contributed by atoms with Gasteiger partial charge in [-0.15, -0.1) is 0 Å². The lowest BCUT2D eigenvalue weighted by Crippen LogP contribution is -2.67. The highest BCUT2D eigenvalue weighted by molar-refractivity contribution is 6.10. The van der Waals surface area contributed by atoms with Gasteiger partial charge in [0.15, 0.2) is 17.3 Å². The molecule has 3 saturated carbocycles. The standard InChI is InChI=1S/C44H55NO7/c1-40-17-14-31(46)25-42(40)20-21-44(33(26-42)39(48)30-9-6-5-7-10-30)36(40)15-18-41(2)37(44)16-19-43(41,49)28-45(27-32-11-8-22-52-32)38(47)24-29-12-13-34(50-3)35(23-29)51-4/h5-7,9-10,12-13,20-21,23,26,31-32,36-37,46,49H,8,11,14-19,22,24-25,27-28H2,1-4H3. The molecule has 6 aliphatic carbocycles. The number of ether oxygens (including phenoxy) is 3. The van der Waals surface area contributed by atoms with E-state index < -0.39 is 22.5 Å². The van der Waals surface area contributed by atoms with Crippen LogP contribution in [0.2, 0.25) is 0 Å². The van der Waals surface area contributed by atoms with Crippen molar-refractivity contribution in [3.63, 3.8) is 0 Å². The number of rotatable bonds is 10. The highest BCUT2D eigenvalue weighted by atomic mass is 16.5. The first-order valence-corrected chi connectivity index (χ1v) is 19.5. The maximum Gasteiger partial charge on any atom is 0.227 e. The van der Waals surface area contributed by atoms with Gasteiger partial charge in [-0.2, -0.15) is 0 Å². The largest absolute Gasteiger partial charge is 0.493 e. The Balaban J connectivity index is 1.16. The Bertz CT molecular complexity index is 1780. The van der Waals surface area contributed by atoms with Crippen LogP contribution in [-0.4, -0.2) is 78.5 Å². The Labute approximate surface area is 308 Å². The third-order valence-corrected chi connectivity index (χ3v) is 15.0. The van der Waals surface area contributed by atoms with Crippen LogP contribution in [0.1, 0.15) is 87.6 Å². The van der Waals surface area contributed by atoms with E-state index in [2.05, 4.69) is 32.1 Å². The number of amides is 1. The quantitative estimate of drug-likeness (QED) is 0.208. The summed E-state index contributed by atoms with van der Waals surface area (Å²) in [5.74, 6) is 1.40. The van der Waals surface area contributed by atoms with Gasteiger partial charge in [0, 0.05) is 40.5 Å². The van der Waals surface area contributed by atoms with Gasteiger partial charge in [-0.05, 0) is 92.7 Å². The van der Waals surface area contributed by atoms with E-state index in [1.165, 1.54) is 0 Å². The van der Waals surface area contributed by atoms with Crippen molar-refractivity contribution < 1.29 is 34.0 Å². The Hall–Kier alpha value is -3.46. The van der Waals surface area contributed by atoms with Gasteiger partial charge in [0.2, 0.25) is 5.91 Å². The molecule has 9 unspecified atom stereocenters. The van der Waals surface area contributed by atoms with Gasteiger partial charge >= 0.3 is 0 Å². The summed E-state index contributed by atoms with van der Waals surface area (Å²) in [7, 11) is 3.19. The first-order valence-electron chi connectivity index (χ1n) is 19.5. The van der Waals surface area contributed by atoms with Crippen molar-refractivity contribution >= 4 is 11.7 Å².